The number of allylic oxidation sites excluding steroid dienone is 1. The topological polar surface area (TPSA) is 53.5 Å². The average molecular weight is 393 g/mol. The molecule has 2 aromatic carbocycles. The molecule has 1 amide bonds. The number of carbonyl (C=O) groups excluding carboxylic acids is 1. The van der Waals surface area contributed by atoms with Crippen molar-refractivity contribution >= 4 is 51.4 Å². The summed E-state index contributed by atoms with van der Waals surface area (Å²) in [5.41, 5.74) is 4.30. The van der Waals surface area contributed by atoms with Gasteiger partial charge in [-0.05, 0) is 45.8 Å². The van der Waals surface area contributed by atoms with Gasteiger partial charge < -0.3 is 5.32 Å². The Kier molecular flexibility index (Phi) is 6.84. The fraction of sp³-hybridized carbons (Fsp3) is 0.0588. The van der Waals surface area contributed by atoms with Gasteiger partial charge in [0.05, 0.1) is 6.54 Å². The molecule has 0 saturated heterocycles. The molecule has 4 nitrogen and oxygen atoms in total. The second-order valence-corrected chi connectivity index (χ2v) is 5.85. The third-order valence-corrected chi connectivity index (χ3v) is 3.70. The summed E-state index contributed by atoms with van der Waals surface area (Å²) < 4.78 is 0.798. The Morgan fingerprint density at radius 2 is 2.00 bits per heavy atom. The molecule has 0 atom stereocenters. The molecular weight excluding hydrogens is 378 g/mol. The Morgan fingerprint density at radius 1 is 1.22 bits per heavy atom. The Labute approximate surface area is 148 Å². The highest BCUT2D eigenvalue weighted by molar-refractivity contribution is 9.10. The predicted octanol–water partition coefficient (Wildman–Crippen LogP) is 4.33. The fourth-order valence-electron chi connectivity index (χ4n) is 1.72. The zero-order valence-electron chi connectivity index (χ0n) is 12.2. The van der Waals surface area contributed by atoms with E-state index in [0.29, 0.717) is 5.02 Å². The van der Waals surface area contributed by atoms with E-state index in [-0.39, 0.29) is 12.5 Å². The van der Waals surface area contributed by atoms with E-state index in [1.807, 2.05) is 36.4 Å². The lowest BCUT2D eigenvalue weighted by Gasteiger charge is -2.07. The van der Waals surface area contributed by atoms with Gasteiger partial charge in [-0.1, -0.05) is 48.0 Å². The van der Waals surface area contributed by atoms with Crippen LogP contribution in [0.25, 0.3) is 6.08 Å². The van der Waals surface area contributed by atoms with Crippen LogP contribution < -0.4 is 10.7 Å². The van der Waals surface area contributed by atoms with E-state index in [0.717, 1.165) is 15.7 Å². The molecule has 0 fully saturated rings. The number of nitrogens with zero attached hydrogens (tertiary/aromatic N) is 1. The third-order valence-electron chi connectivity index (χ3n) is 2.81. The molecule has 0 saturated carbocycles. The third kappa shape index (κ3) is 6.26. The summed E-state index contributed by atoms with van der Waals surface area (Å²) in [6, 6.07) is 15.1. The standard InChI is InChI=1S/C17H15BrClN3O/c18-15-11-14(19)8-9-16(15)20-12-17(23)22-21-10-4-7-13-5-2-1-3-6-13/h1-11,20H,12H2,(H,22,23)/b7-4+,21-10+. The lowest BCUT2D eigenvalue weighted by atomic mass is 10.2. The van der Waals surface area contributed by atoms with Crippen molar-refractivity contribution in [2.24, 2.45) is 5.10 Å². The van der Waals surface area contributed by atoms with Gasteiger partial charge in [0.1, 0.15) is 0 Å². The number of halogens is 2. The molecule has 2 N–H and O–H groups in total. The number of benzene rings is 2. The molecule has 0 aliphatic carbocycles. The van der Waals surface area contributed by atoms with Gasteiger partial charge in [0, 0.05) is 21.4 Å². The van der Waals surface area contributed by atoms with Gasteiger partial charge in [-0.3, -0.25) is 4.79 Å². The smallest absolute Gasteiger partial charge is 0.259 e. The number of hydrogen-bond donors (Lipinski definition) is 2. The summed E-state index contributed by atoms with van der Waals surface area (Å²) in [4.78, 5) is 11.7. The molecule has 0 spiro atoms. The van der Waals surface area contributed by atoms with Gasteiger partial charge in [0.15, 0.2) is 0 Å². The van der Waals surface area contributed by atoms with Crippen molar-refractivity contribution in [2.45, 2.75) is 0 Å². The molecule has 2 rings (SSSR count). The fourth-order valence-corrected chi connectivity index (χ4v) is 2.54. The van der Waals surface area contributed by atoms with Crippen LogP contribution in [0, 0.1) is 0 Å². The van der Waals surface area contributed by atoms with Gasteiger partial charge in [0.25, 0.3) is 5.91 Å². The van der Waals surface area contributed by atoms with E-state index in [1.165, 1.54) is 6.21 Å². The first kappa shape index (κ1) is 17.2. The van der Waals surface area contributed by atoms with Gasteiger partial charge in [-0.25, -0.2) is 5.43 Å². The molecule has 0 aliphatic heterocycles. The highest BCUT2D eigenvalue weighted by Gasteiger charge is 2.03. The highest BCUT2D eigenvalue weighted by atomic mass is 79.9. The van der Waals surface area contributed by atoms with E-state index < -0.39 is 0 Å². The summed E-state index contributed by atoms with van der Waals surface area (Å²) in [5.74, 6) is -0.240. The molecular formula is C17H15BrClN3O. The molecule has 0 aliphatic rings. The van der Waals surface area contributed by atoms with E-state index in [2.05, 4.69) is 31.8 Å². The first-order chi connectivity index (χ1) is 11.1. The maximum atomic E-state index is 11.7. The van der Waals surface area contributed by atoms with Gasteiger partial charge in [-0.15, -0.1) is 0 Å². The van der Waals surface area contributed by atoms with Crippen LogP contribution in [0.3, 0.4) is 0 Å². The van der Waals surface area contributed by atoms with Crippen LogP contribution in [0.5, 0.6) is 0 Å². The Balaban J connectivity index is 1.74. The van der Waals surface area contributed by atoms with Gasteiger partial charge in [0.2, 0.25) is 0 Å². The minimum atomic E-state index is -0.240. The summed E-state index contributed by atoms with van der Waals surface area (Å²) in [5, 5.41) is 7.47. The normalized spacial score (nSPS) is 11.0. The number of rotatable bonds is 6. The largest absolute Gasteiger partial charge is 0.375 e. The van der Waals surface area contributed by atoms with E-state index >= 15 is 0 Å². The molecule has 0 unspecified atom stereocenters. The van der Waals surface area contributed by atoms with Crippen LogP contribution in [0.15, 0.2) is 64.2 Å². The molecule has 6 heteroatoms. The molecule has 0 bridgehead atoms. The molecule has 2 aromatic rings. The predicted molar refractivity (Wildman–Crippen MR) is 99.8 cm³/mol. The minimum Gasteiger partial charge on any atom is -0.375 e. The van der Waals surface area contributed by atoms with Crippen molar-refractivity contribution in [3.63, 3.8) is 0 Å². The number of hydrazone groups is 1. The Morgan fingerprint density at radius 3 is 2.74 bits per heavy atom. The van der Waals surface area contributed by atoms with Crippen LogP contribution >= 0.6 is 27.5 Å². The molecule has 0 radical (unpaired) electrons. The first-order valence-electron chi connectivity index (χ1n) is 6.88. The van der Waals surface area contributed by atoms with Gasteiger partial charge in [-0.2, -0.15) is 5.10 Å². The number of carbonyl (C=O) groups is 1. The molecule has 0 heterocycles. The minimum absolute atomic E-state index is 0.111. The lowest BCUT2D eigenvalue weighted by molar-refractivity contribution is -0.119. The van der Waals surface area contributed by atoms with Crippen LogP contribution in [-0.2, 0) is 4.79 Å². The Bertz CT molecular complexity index is 717. The van der Waals surface area contributed by atoms with Crippen LogP contribution in [0.4, 0.5) is 5.69 Å². The Hall–Kier alpha value is -2.11. The van der Waals surface area contributed by atoms with Crippen molar-refractivity contribution in [3.8, 4) is 0 Å². The second kappa shape index (κ2) is 9.12. The monoisotopic (exact) mass is 391 g/mol. The first-order valence-corrected chi connectivity index (χ1v) is 8.05. The highest BCUT2D eigenvalue weighted by Crippen LogP contribution is 2.25. The van der Waals surface area contributed by atoms with Crippen LogP contribution in [-0.4, -0.2) is 18.7 Å². The van der Waals surface area contributed by atoms with E-state index in [4.69, 9.17) is 11.6 Å². The van der Waals surface area contributed by atoms with Crippen molar-refractivity contribution in [1.82, 2.24) is 5.43 Å². The maximum absolute atomic E-state index is 11.7. The zero-order valence-corrected chi connectivity index (χ0v) is 14.5. The van der Waals surface area contributed by atoms with E-state index in [9.17, 15) is 4.79 Å². The van der Waals surface area contributed by atoms with Crippen LogP contribution in [0.1, 0.15) is 5.56 Å². The van der Waals surface area contributed by atoms with Crippen molar-refractivity contribution in [3.05, 3.63) is 69.7 Å². The van der Waals surface area contributed by atoms with Crippen molar-refractivity contribution < 1.29 is 4.79 Å². The maximum Gasteiger partial charge on any atom is 0.259 e. The van der Waals surface area contributed by atoms with Crippen LogP contribution in [0.2, 0.25) is 5.02 Å². The second-order valence-electron chi connectivity index (χ2n) is 4.56. The molecule has 118 valence electrons. The summed E-state index contributed by atoms with van der Waals surface area (Å²) in [6.45, 7) is 0.111. The zero-order chi connectivity index (χ0) is 16.5. The number of amides is 1. The summed E-state index contributed by atoms with van der Waals surface area (Å²) >= 11 is 9.23. The quantitative estimate of drug-likeness (QED) is 0.568. The number of anilines is 1. The van der Waals surface area contributed by atoms with Gasteiger partial charge >= 0.3 is 0 Å². The summed E-state index contributed by atoms with van der Waals surface area (Å²) in [6.07, 6.45) is 5.20. The molecule has 0 aromatic heterocycles. The van der Waals surface area contributed by atoms with Crippen molar-refractivity contribution in [1.29, 1.82) is 0 Å². The SMILES string of the molecule is O=C(CNc1ccc(Cl)cc1Br)N/N=C/C=C/c1ccccc1. The number of nitrogens with one attached hydrogen (secondary N) is 2. The average Bonchev–Trinajstić information content (AvgIpc) is 2.54. The lowest BCUT2D eigenvalue weighted by Crippen LogP contribution is -2.25. The summed E-state index contributed by atoms with van der Waals surface area (Å²) in [7, 11) is 0. The van der Waals surface area contributed by atoms with E-state index in [1.54, 1.807) is 24.3 Å². The van der Waals surface area contributed by atoms with Crippen molar-refractivity contribution in [2.75, 3.05) is 11.9 Å². The molecule has 23 heavy (non-hydrogen) atoms. The number of hydrogen-bond acceptors (Lipinski definition) is 3.